The Balaban J connectivity index is 2.76. The largest absolute Gasteiger partial charge is 0.502 e. The van der Waals surface area contributed by atoms with Crippen molar-refractivity contribution >= 4 is 18.6 Å². The molecule has 0 aromatic heterocycles. The maximum absolute atomic E-state index is 12.4. The van der Waals surface area contributed by atoms with Gasteiger partial charge in [-0.3, -0.25) is 0 Å². The fourth-order valence-electron chi connectivity index (χ4n) is 2.28. The van der Waals surface area contributed by atoms with E-state index >= 15 is 0 Å². The third-order valence-corrected chi connectivity index (χ3v) is 8.33. The Bertz CT molecular complexity index is 557. The number of rotatable bonds is 12. The lowest BCUT2D eigenvalue weighted by Gasteiger charge is -2.31. The summed E-state index contributed by atoms with van der Waals surface area (Å²) >= 11 is 0. The molecule has 1 aromatic rings. The Morgan fingerprint density at radius 3 is 2.17 bits per heavy atom. The summed E-state index contributed by atoms with van der Waals surface area (Å²) < 4.78 is 47.3. The maximum atomic E-state index is 12.4. The first-order valence-electron chi connectivity index (χ1n) is 8.15. The molecule has 1 aromatic carbocycles. The van der Waals surface area contributed by atoms with E-state index in [9.17, 15) is 8.42 Å². The molecule has 1 rings (SSSR count). The van der Waals surface area contributed by atoms with Crippen molar-refractivity contribution in [3.05, 3.63) is 30.3 Å². The first kappa shape index (κ1) is 21.3. The van der Waals surface area contributed by atoms with Crippen molar-refractivity contribution in [3.8, 4) is 0 Å². The van der Waals surface area contributed by atoms with Crippen molar-refractivity contribution in [2.75, 3.05) is 26.1 Å². The molecule has 6 nitrogen and oxygen atoms in total. The number of hydrogen-bond donors (Lipinski definition) is 0. The van der Waals surface area contributed by atoms with Crippen LogP contribution in [0.15, 0.2) is 35.2 Å². The molecule has 1 unspecified atom stereocenters. The van der Waals surface area contributed by atoms with Gasteiger partial charge in [-0.05, 0) is 39.3 Å². The van der Waals surface area contributed by atoms with Crippen LogP contribution in [0.3, 0.4) is 0 Å². The molecule has 8 heteroatoms. The molecule has 0 saturated heterocycles. The summed E-state index contributed by atoms with van der Waals surface area (Å²) in [6, 6.07) is 8.87. The molecule has 0 spiro atoms. The van der Waals surface area contributed by atoms with E-state index in [1.807, 2.05) is 13.8 Å². The smallest absolute Gasteiger partial charge is 0.374 e. The predicted molar refractivity (Wildman–Crippen MR) is 94.5 cm³/mol. The molecular weight excluding hydrogens is 348 g/mol. The molecular formula is C16H28O6SSi. The highest BCUT2D eigenvalue weighted by molar-refractivity contribution is 7.91. The molecule has 0 fully saturated rings. The predicted octanol–water partition coefficient (Wildman–Crippen LogP) is 2.87. The lowest BCUT2D eigenvalue weighted by molar-refractivity contribution is -0.0885. The fraction of sp³-hybridized carbons (Fsp3) is 0.625. The summed E-state index contributed by atoms with van der Waals surface area (Å²) in [6.07, 6.45) is -0.0691. The molecule has 24 heavy (non-hydrogen) atoms. The fourth-order valence-corrected chi connectivity index (χ4v) is 6.58. The number of benzene rings is 1. The van der Waals surface area contributed by atoms with E-state index in [1.54, 1.807) is 44.4 Å². The Labute approximate surface area is 146 Å². The number of ether oxygens (including phenoxy) is 1. The first-order chi connectivity index (χ1) is 11.4. The van der Waals surface area contributed by atoms with Crippen molar-refractivity contribution in [2.24, 2.45) is 0 Å². The van der Waals surface area contributed by atoms with Crippen molar-refractivity contribution in [1.82, 2.24) is 0 Å². The van der Waals surface area contributed by atoms with Crippen molar-refractivity contribution in [2.45, 2.75) is 44.4 Å². The van der Waals surface area contributed by atoms with E-state index in [1.165, 1.54) is 0 Å². The Kier molecular flexibility index (Phi) is 9.10. The highest BCUT2D eigenvalue weighted by Crippen LogP contribution is 2.22. The minimum atomic E-state index is -3.32. The molecule has 0 radical (unpaired) electrons. The van der Waals surface area contributed by atoms with Gasteiger partial charge in [0, 0.05) is 26.4 Å². The molecule has 0 aliphatic heterocycles. The first-order valence-corrected chi connectivity index (χ1v) is 11.7. The monoisotopic (exact) mass is 376 g/mol. The van der Waals surface area contributed by atoms with Crippen LogP contribution in [0.2, 0.25) is 6.04 Å². The van der Waals surface area contributed by atoms with Crippen LogP contribution < -0.4 is 0 Å². The molecule has 0 heterocycles. The van der Waals surface area contributed by atoms with Crippen LogP contribution in [0.4, 0.5) is 0 Å². The Morgan fingerprint density at radius 1 is 1.08 bits per heavy atom. The summed E-state index contributed by atoms with van der Waals surface area (Å²) in [4.78, 5) is 0.330. The van der Waals surface area contributed by atoms with Gasteiger partial charge < -0.3 is 18.0 Å². The zero-order chi connectivity index (χ0) is 18.1. The summed E-state index contributed by atoms with van der Waals surface area (Å²) in [7, 11) is -4.75. The molecule has 138 valence electrons. The second kappa shape index (κ2) is 10.3. The van der Waals surface area contributed by atoms with Gasteiger partial charge in [-0.25, -0.2) is 8.42 Å². The van der Waals surface area contributed by atoms with Crippen LogP contribution >= 0.6 is 0 Å². The molecule has 0 bridgehead atoms. The van der Waals surface area contributed by atoms with Gasteiger partial charge in [0.05, 0.1) is 10.6 Å². The van der Waals surface area contributed by atoms with Crippen LogP contribution in [0.5, 0.6) is 0 Å². The molecule has 0 amide bonds. The average Bonchev–Trinajstić information content (AvgIpc) is 2.56. The molecule has 0 aliphatic rings. The van der Waals surface area contributed by atoms with Crippen molar-refractivity contribution in [1.29, 1.82) is 0 Å². The number of methoxy groups -OCH3 is 1. The third-order valence-electron chi connectivity index (χ3n) is 3.40. The molecule has 0 N–H and O–H groups in total. The minimum absolute atomic E-state index is 0.0244. The SMILES string of the molecule is CCO[Si](CCCS(=O)(=O)c1ccccc1)(OCC)OC(C)OC. The van der Waals surface area contributed by atoms with Crippen LogP contribution in [-0.4, -0.2) is 49.6 Å². The number of sulfone groups is 1. The van der Waals surface area contributed by atoms with Gasteiger partial charge in [0.25, 0.3) is 0 Å². The zero-order valence-electron chi connectivity index (χ0n) is 14.9. The molecule has 0 saturated carbocycles. The van der Waals surface area contributed by atoms with E-state index in [2.05, 4.69) is 0 Å². The summed E-state index contributed by atoms with van der Waals surface area (Å²) in [5.74, 6) is 0.0244. The van der Waals surface area contributed by atoms with Crippen LogP contribution in [-0.2, 0) is 27.9 Å². The average molecular weight is 377 g/mol. The quantitative estimate of drug-likeness (QED) is 0.413. The van der Waals surface area contributed by atoms with E-state index < -0.39 is 24.9 Å². The Morgan fingerprint density at radius 2 is 1.67 bits per heavy atom. The van der Waals surface area contributed by atoms with Gasteiger partial charge in [0.1, 0.15) is 6.29 Å². The minimum Gasteiger partial charge on any atom is -0.374 e. The van der Waals surface area contributed by atoms with Gasteiger partial charge in [-0.1, -0.05) is 18.2 Å². The second-order valence-corrected chi connectivity index (χ2v) is 9.99. The normalized spacial score (nSPS) is 13.8. The van der Waals surface area contributed by atoms with Gasteiger partial charge in [0.15, 0.2) is 9.84 Å². The van der Waals surface area contributed by atoms with E-state index in [0.29, 0.717) is 30.6 Å². The maximum Gasteiger partial charge on any atom is 0.502 e. The lowest BCUT2D eigenvalue weighted by atomic mass is 10.4. The van der Waals surface area contributed by atoms with Gasteiger partial charge in [-0.15, -0.1) is 0 Å². The zero-order valence-corrected chi connectivity index (χ0v) is 16.7. The third kappa shape index (κ3) is 6.62. The highest BCUT2D eigenvalue weighted by Gasteiger charge is 2.42. The topological polar surface area (TPSA) is 71.1 Å². The van der Waals surface area contributed by atoms with Gasteiger partial charge in [0.2, 0.25) is 0 Å². The standard InChI is InChI=1S/C16H28O6SSi/c1-5-20-24(21-6-2,22-15(3)19-4)14-10-13-23(17,18)16-11-8-7-9-12-16/h7-9,11-12,15H,5-6,10,13-14H2,1-4H3. The molecule has 0 aliphatic carbocycles. The van der Waals surface area contributed by atoms with Crippen LogP contribution in [0.1, 0.15) is 27.2 Å². The second-order valence-electron chi connectivity index (χ2n) is 5.21. The summed E-state index contributed by atoms with van der Waals surface area (Å²) in [5, 5.41) is 0. The molecule has 1 atom stereocenters. The van der Waals surface area contributed by atoms with Crippen LogP contribution in [0.25, 0.3) is 0 Å². The van der Waals surface area contributed by atoms with E-state index in [4.69, 9.17) is 18.0 Å². The number of hydrogen-bond acceptors (Lipinski definition) is 6. The summed E-state index contributed by atoms with van der Waals surface area (Å²) in [5.41, 5.74) is 0. The van der Waals surface area contributed by atoms with Gasteiger partial charge >= 0.3 is 8.80 Å². The lowest BCUT2D eigenvalue weighted by Crippen LogP contribution is -2.48. The van der Waals surface area contributed by atoms with Gasteiger partial charge in [-0.2, -0.15) is 0 Å². The van der Waals surface area contributed by atoms with E-state index in [-0.39, 0.29) is 5.75 Å². The highest BCUT2D eigenvalue weighted by atomic mass is 32.2. The van der Waals surface area contributed by atoms with Crippen molar-refractivity contribution in [3.63, 3.8) is 0 Å². The summed E-state index contributed by atoms with van der Waals surface area (Å²) in [6.45, 7) is 6.37. The van der Waals surface area contributed by atoms with E-state index in [0.717, 1.165) is 0 Å². The van der Waals surface area contributed by atoms with Crippen molar-refractivity contribution < 1.29 is 26.4 Å². The Hall–Kier alpha value is -0.773. The van der Waals surface area contributed by atoms with Crippen LogP contribution in [0, 0.1) is 0 Å².